The van der Waals surface area contributed by atoms with E-state index in [1.807, 2.05) is 6.92 Å². The van der Waals surface area contributed by atoms with E-state index >= 15 is 0 Å². The van der Waals surface area contributed by atoms with Gasteiger partial charge in [-0.2, -0.15) is 5.26 Å². The molecule has 0 aromatic heterocycles. The first kappa shape index (κ1) is 12.0. The van der Waals surface area contributed by atoms with Crippen LogP contribution in [0.4, 0.5) is 0 Å². The first-order chi connectivity index (χ1) is 6.18. The summed E-state index contributed by atoms with van der Waals surface area (Å²) in [6.45, 7) is 4.52. The van der Waals surface area contributed by atoms with Gasteiger partial charge in [-0.05, 0) is 13.3 Å². The third-order valence-electron chi connectivity index (χ3n) is 2.11. The molecule has 0 rings (SSSR count). The molecular weight excluding hydrogens is 160 g/mol. The molecule has 0 saturated heterocycles. The fourth-order valence-corrected chi connectivity index (χ4v) is 1.16. The van der Waals surface area contributed by atoms with Crippen molar-refractivity contribution in [1.29, 1.82) is 5.26 Å². The standard InChI is InChI=1S/C11H18N2/c1-4-6-7-8-11(3,10-12)13-9-5-2/h2,13H,4,6-9H2,1,3H3. The van der Waals surface area contributed by atoms with Crippen molar-refractivity contribution in [2.45, 2.75) is 45.1 Å². The molecule has 0 aliphatic rings. The molecule has 0 bridgehead atoms. The van der Waals surface area contributed by atoms with Crippen LogP contribution in [0, 0.1) is 23.7 Å². The molecular formula is C11H18N2. The van der Waals surface area contributed by atoms with Crippen LogP contribution in [0.2, 0.25) is 0 Å². The molecule has 0 aromatic rings. The predicted molar refractivity (Wildman–Crippen MR) is 55.0 cm³/mol. The molecule has 0 radical (unpaired) electrons. The molecule has 2 nitrogen and oxygen atoms in total. The van der Waals surface area contributed by atoms with Crippen LogP contribution in [0.5, 0.6) is 0 Å². The summed E-state index contributed by atoms with van der Waals surface area (Å²) < 4.78 is 0. The number of rotatable bonds is 6. The molecule has 0 heterocycles. The van der Waals surface area contributed by atoms with E-state index in [-0.39, 0.29) is 0 Å². The lowest BCUT2D eigenvalue weighted by molar-refractivity contribution is 0.420. The zero-order valence-corrected chi connectivity index (χ0v) is 8.56. The molecule has 0 aliphatic heterocycles. The van der Waals surface area contributed by atoms with Gasteiger partial charge in [-0.25, -0.2) is 0 Å². The Hall–Kier alpha value is -0.990. The molecule has 1 atom stereocenters. The van der Waals surface area contributed by atoms with Gasteiger partial charge in [0, 0.05) is 0 Å². The quantitative estimate of drug-likeness (QED) is 0.499. The van der Waals surface area contributed by atoms with Crippen LogP contribution in [0.3, 0.4) is 0 Å². The Balaban J connectivity index is 3.85. The molecule has 0 aromatic carbocycles. The number of nitrogens with one attached hydrogen (secondary N) is 1. The van der Waals surface area contributed by atoms with Crippen LogP contribution < -0.4 is 5.32 Å². The van der Waals surface area contributed by atoms with Crippen molar-refractivity contribution in [1.82, 2.24) is 5.32 Å². The van der Waals surface area contributed by atoms with E-state index in [4.69, 9.17) is 11.7 Å². The van der Waals surface area contributed by atoms with E-state index in [9.17, 15) is 0 Å². The Labute approximate surface area is 81.3 Å². The summed E-state index contributed by atoms with van der Waals surface area (Å²) in [5.74, 6) is 2.49. The zero-order valence-electron chi connectivity index (χ0n) is 8.56. The van der Waals surface area contributed by atoms with Gasteiger partial charge in [-0.15, -0.1) is 6.42 Å². The summed E-state index contributed by atoms with van der Waals surface area (Å²) in [5.41, 5.74) is -0.443. The predicted octanol–water partition coefficient (Wildman–Crippen LogP) is 2.07. The summed E-state index contributed by atoms with van der Waals surface area (Å²) in [6.07, 6.45) is 9.43. The highest BCUT2D eigenvalue weighted by Crippen LogP contribution is 2.13. The second-order valence-electron chi connectivity index (χ2n) is 3.46. The van der Waals surface area contributed by atoms with E-state index in [1.165, 1.54) is 12.8 Å². The molecule has 0 fully saturated rings. The van der Waals surface area contributed by atoms with Crippen LogP contribution in [-0.4, -0.2) is 12.1 Å². The lowest BCUT2D eigenvalue weighted by atomic mass is 9.96. The van der Waals surface area contributed by atoms with Gasteiger partial charge >= 0.3 is 0 Å². The van der Waals surface area contributed by atoms with E-state index in [0.717, 1.165) is 12.8 Å². The fraction of sp³-hybridized carbons (Fsp3) is 0.727. The highest BCUT2D eigenvalue weighted by molar-refractivity contribution is 5.05. The number of hydrogen-bond donors (Lipinski definition) is 1. The van der Waals surface area contributed by atoms with Gasteiger partial charge in [0.15, 0.2) is 0 Å². The molecule has 0 amide bonds. The SMILES string of the molecule is C#CCNC(C)(C#N)CCCCC. The lowest BCUT2D eigenvalue weighted by Gasteiger charge is -2.21. The minimum atomic E-state index is -0.443. The first-order valence-corrected chi connectivity index (χ1v) is 4.78. The monoisotopic (exact) mass is 178 g/mol. The minimum absolute atomic E-state index is 0.443. The van der Waals surface area contributed by atoms with Gasteiger partial charge in [-0.1, -0.05) is 32.1 Å². The second kappa shape index (κ2) is 6.52. The summed E-state index contributed by atoms with van der Waals surface area (Å²) in [7, 11) is 0. The number of hydrogen-bond acceptors (Lipinski definition) is 2. The normalized spacial score (nSPS) is 14.2. The molecule has 13 heavy (non-hydrogen) atoms. The van der Waals surface area contributed by atoms with E-state index in [2.05, 4.69) is 24.2 Å². The van der Waals surface area contributed by atoms with Crippen LogP contribution >= 0.6 is 0 Å². The molecule has 0 saturated carbocycles. The maximum Gasteiger partial charge on any atom is 0.104 e. The number of unbranched alkanes of at least 4 members (excludes halogenated alkanes) is 2. The van der Waals surface area contributed by atoms with Crippen LogP contribution in [0.15, 0.2) is 0 Å². The van der Waals surface area contributed by atoms with E-state index in [0.29, 0.717) is 6.54 Å². The minimum Gasteiger partial charge on any atom is -0.289 e. The Morgan fingerprint density at radius 1 is 1.46 bits per heavy atom. The summed E-state index contributed by atoms with van der Waals surface area (Å²) in [4.78, 5) is 0. The average molecular weight is 178 g/mol. The Morgan fingerprint density at radius 2 is 2.15 bits per heavy atom. The average Bonchev–Trinajstić information content (AvgIpc) is 2.15. The summed E-state index contributed by atoms with van der Waals surface area (Å²) in [5, 5.41) is 12.0. The number of terminal acetylenes is 1. The van der Waals surface area contributed by atoms with Gasteiger partial charge in [0.1, 0.15) is 5.54 Å². The van der Waals surface area contributed by atoms with Crippen molar-refractivity contribution in [3.8, 4) is 18.4 Å². The summed E-state index contributed by atoms with van der Waals surface area (Å²) in [6, 6.07) is 2.27. The summed E-state index contributed by atoms with van der Waals surface area (Å²) >= 11 is 0. The maximum atomic E-state index is 8.93. The molecule has 72 valence electrons. The van der Waals surface area contributed by atoms with E-state index < -0.39 is 5.54 Å². The molecule has 0 aliphatic carbocycles. The number of nitriles is 1. The zero-order chi connectivity index (χ0) is 10.2. The van der Waals surface area contributed by atoms with Crippen molar-refractivity contribution >= 4 is 0 Å². The third-order valence-corrected chi connectivity index (χ3v) is 2.11. The highest BCUT2D eigenvalue weighted by Gasteiger charge is 2.21. The molecule has 2 heteroatoms. The van der Waals surface area contributed by atoms with Gasteiger partial charge in [-0.3, -0.25) is 5.32 Å². The van der Waals surface area contributed by atoms with Crippen molar-refractivity contribution < 1.29 is 0 Å². The van der Waals surface area contributed by atoms with Crippen molar-refractivity contribution in [3.05, 3.63) is 0 Å². The topological polar surface area (TPSA) is 35.8 Å². The van der Waals surface area contributed by atoms with Crippen LogP contribution in [0.1, 0.15) is 39.5 Å². The third kappa shape index (κ3) is 5.28. The Bertz CT molecular complexity index is 209. The Kier molecular flexibility index (Phi) is 6.02. The van der Waals surface area contributed by atoms with Gasteiger partial charge in [0.2, 0.25) is 0 Å². The Morgan fingerprint density at radius 3 is 2.62 bits per heavy atom. The largest absolute Gasteiger partial charge is 0.289 e. The van der Waals surface area contributed by atoms with Gasteiger partial charge in [0.05, 0.1) is 12.6 Å². The van der Waals surface area contributed by atoms with Crippen LogP contribution in [0.25, 0.3) is 0 Å². The second-order valence-corrected chi connectivity index (χ2v) is 3.46. The van der Waals surface area contributed by atoms with Crippen molar-refractivity contribution in [3.63, 3.8) is 0 Å². The molecule has 1 N–H and O–H groups in total. The number of nitrogens with zero attached hydrogens (tertiary/aromatic N) is 1. The van der Waals surface area contributed by atoms with Crippen LogP contribution in [-0.2, 0) is 0 Å². The highest BCUT2D eigenvalue weighted by atomic mass is 14.9. The van der Waals surface area contributed by atoms with Gasteiger partial charge < -0.3 is 0 Å². The fourth-order valence-electron chi connectivity index (χ4n) is 1.16. The van der Waals surface area contributed by atoms with E-state index in [1.54, 1.807) is 0 Å². The smallest absolute Gasteiger partial charge is 0.104 e. The molecule has 0 spiro atoms. The van der Waals surface area contributed by atoms with Gasteiger partial charge in [0.25, 0.3) is 0 Å². The first-order valence-electron chi connectivity index (χ1n) is 4.78. The lowest BCUT2D eigenvalue weighted by Crippen LogP contribution is -2.41. The maximum absolute atomic E-state index is 8.93. The van der Waals surface area contributed by atoms with Crippen molar-refractivity contribution in [2.75, 3.05) is 6.54 Å². The molecule has 1 unspecified atom stereocenters. The van der Waals surface area contributed by atoms with Crippen molar-refractivity contribution in [2.24, 2.45) is 0 Å².